The van der Waals surface area contributed by atoms with Gasteiger partial charge in [-0.3, -0.25) is 0 Å². The Hall–Kier alpha value is -1.56. The number of hydrogen-bond donors (Lipinski definition) is 1. The van der Waals surface area contributed by atoms with Crippen LogP contribution in [0.1, 0.15) is 27.7 Å². The van der Waals surface area contributed by atoms with Crippen molar-refractivity contribution in [1.29, 1.82) is 0 Å². The Labute approximate surface area is 119 Å². The molecule has 1 aliphatic rings. The summed E-state index contributed by atoms with van der Waals surface area (Å²) in [5.74, 6) is -0.452. The Morgan fingerprint density at radius 3 is 2.60 bits per heavy atom. The predicted molar refractivity (Wildman–Crippen MR) is 73.5 cm³/mol. The second-order valence-electron chi connectivity index (χ2n) is 5.78. The van der Waals surface area contributed by atoms with E-state index in [1.165, 1.54) is 11.0 Å². The Bertz CT molecular complexity index is 399. The standard InChI is InChI=1S/C14H23NO5/c1-5-19-11(16)6-7-14(13(2,3)4)10-15(12(17)18)8-9-20-14/h6-7H,5,8-10H2,1-4H3,(H,17,18). The van der Waals surface area contributed by atoms with Crippen molar-refractivity contribution in [1.82, 2.24) is 4.90 Å². The molecule has 0 spiro atoms. The molecule has 1 saturated heterocycles. The van der Waals surface area contributed by atoms with Gasteiger partial charge in [-0.15, -0.1) is 0 Å². The number of amides is 1. The van der Waals surface area contributed by atoms with Crippen molar-refractivity contribution in [3.63, 3.8) is 0 Å². The zero-order valence-corrected chi connectivity index (χ0v) is 12.5. The topological polar surface area (TPSA) is 76.1 Å². The number of ether oxygens (including phenoxy) is 2. The monoisotopic (exact) mass is 285 g/mol. The number of hydrogen-bond acceptors (Lipinski definition) is 4. The quantitative estimate of drug-likeness (QED) is 0.633. The second kappa shape index (κ2) is 6.26. The van der Waals surface area contributed by atoms with Crippen LogP contribution in [-0.2, 0) is 14.3 Å². The molecule has 6 heteroatoms. The number of esters is 1. The molecule has 1 amide bonds. The van der Waals surface area contributed by atoms with E-state index in [4.69, 9.17) is 14.6 Å². The predicted octanol–water partition coefficient (Wildman–Crippen LogP) is 1.90. The lowest BCUT2D eigenvalue weighted by Gasteiger charge is -2.47. The highest BCUT2D eigenvalue weighted by molar-refractivity contribution is 5.82. The summed E-state index contributed by atoms with van der Waals surface area (Å²) in [4.78, 5) is 23.9. The maximum Gasteiger partial charge on any atom is 0.407 e. The van der Waals surface area contributed by atoms with E-state index in [1.807, 2.05) is 20.8 Å². The molecular weight excluding hydrogens is 262 g/mol. The van der Waals surface area contributed by atoms with Crippen LogP contribution in [0.25, 0.3) is 0 Å². The van der Waals surface area contributed by atoms with Gasteiger partial charge in [0.05, 0.1) is 19.8 Å². The molecule has 20 heavy (non-hydrogen) atoms. The normalized spacial score (nSPS) is 23.9. The van der Waals surface area contributed by atoms with E-state index in [0.717, 1.165) is 0 Å². The van der Waals surface area contributed by atoms with Crippen LogP contribution < -0.4 is 0 Å². The highest BCUT2D eigenvalue weighted by Gasteiger charge is 2.45. The first-order valence-electron chi connectivity index (χ1n) is 6.69. The summed E-state index contributed by atoms with van der Waals surface area (Å²) in [6.45, 7) is 8.72. The van der Waals surface area contributed by atoms with Gasteiger partial charge in [0.15, 0.2) is 0 Å². The number of carbonyl (C=O) groups is 2. The fourth-order valence-electron chi connectivity index (χ4n) is 2.11. The fourth-order valence-corrected chi connectivity index (χ4v) is 2.11. The van der Waals surface area contributed by atoms with Crippen LogP contribution >= 0.6 is 0 Å². The van der Waals surface area contributed by atoms with E-state index in [0.29, 0.717) is 19.8 Å². The molecule has 1 rings (SSSR count). The third-order valence-corrected chi connectivity index (χ3v) is 3.46. The summed E-state index contributed by atoms with van der Waals surface area (Å²) < 4.78 is 10.7. The van der Waals surface area contributed by atoms with Gasteiger partial charge >= 0.3 is 12.1 Å². The van der Waals surface area contributed by atoms with E-state index >= 15 is 0 Å². The Kier molecular flexibility index (Phi) is 5.16. The summed E-state index contributed by atoms with van der Waals surface area (Å²) in [5.41, 5.74) is -1.19. The minimum Gasteiger partial charge on any atom is -0.465 e. The third kappa shape index (κ3) is 3.72. The van der Waals surface area contributed by atoms with Crippen LogP contribution in [0, 0.1) is 5.41 Å². The van der Waals surface area contributed by atoms with Gasteiger partial charge in [-0.2, -0.15) is 0 Å². The average molecular weight is 285 g/mol. The Balaban J connectivity index is 2.99. The van der Waals surface area contributed by atoms with Crippen molar-refractivity contribution in [3.8, 4) is 0 Å². The van der Waals surface area contributed by atoms with Crippen LogP contribution in [0.5, 0.6) is 0 Å². The van der Waals surface area contributed by atoms with Crippen molar-refractivity contribution in [2.75, 3.05) is 26.3 Å². The molecule has 1 fully saturated rings. The zero-order chi connectivity index (χ0) is 15.4. The average Bonchev–Trinajstić information content (AvgIpc) is 2.35. The van der Waals surface area contributed by atoms with E-state index in [9.17, 15) is 9.59 Å². The lowest BCUT2D eigenvalue weighted by atomic mass is 9.75. The largest absolute Gasteiger partial charge is 0.465 e. The number of nitrogens with zero attached hydrogens (tertiary/aromatic N) is 1. The van der Waals surface area contributed by atoms with E-state index in [2.05, 4.69) is 0 Å². The molecule has 0 saturated carbocycles. The van der Waals surface area contributed by atoms with Crippen molar-refractivity contribution < 1.29 is 24.2 Å². The first kappa shape index (κ1) is 16.5. The molecule has 1 aliphatic heterocycles. The first-order chi connectivity index (χ1) is 9.22. The number of rotatable bonds is 3. The van der Waals surface area contributed by atoms with Crippen LogP contribution in [0.3, 0.4) is 0 Å². The van der Waals surface area contributed by atoms with Crippen molar-refractivity contribution in [3.05, 3.63) is 12.2 Å². The lowest BCUT2D eigenvalue weighted by Crippen LogP contribution is -2.58. The Morgan fingerprint density at radius 1 is 1.45 bits per heavy atom. The molecule has 0 aromatic carbocycles. The number of carboxylic acid groups (broad SMARTS) is 1. The molecule has 6 nitrogen and oxygen atoms in total. The van der Waals surface area contributed by atoms with Crippen molar-refractivity contribution >= 4 is 12.1 Å². The maximum absolute atomic E-state index is 11.5. The number of carbonyl (C=O) groups excluding carboxylic acids is 1. The summed E-state index contributed by atoms with van der Waals surface area (Å²) >= 11 is 0. The van der Waals surface area contributed by atoms with Gasteiger partial charge in [0.2, 0.25) is 0 Å². The van der Waals surface area contributed by atoms with Gasteiger partial charge in [-0.1, -0.05) is 20.8 Å². The van der Waals surface area contributed by atoms with Crippen LogP contribution in [0.2, 0.25) is 0 Å². The third-order valence-electron chi connectivity index (χ3n) is 3.46. The molecule has 0 aliphatic carbocycles. The van der Waals surface area contributed by atoms with Crippen molar-refractivity contribution in [2.45, 2.75) is 33.3 Å². The van der Waals surface area contributed by atoms with E-state index < -0.39 is 17.7 Å². The highest BCUT2D eigenvalue weighted by atomic mass is 16.5. The smallest absolute Gasteiger partial charge is 0.407 e. The minimum absolute atomic E-state index is 0.196. The van der Waals surface area contributed by atoms with Crippen LogP contribution in [0.15, 0.2) is 12.2 Å². The van der Waals surface area contributed by atoms with Gasteiger partial charge in [0.25, 0.3) is 0 Å². The lowest BCUT2D eigenvalue weighted by molar-refractivity contribution is -0.139. The summed E-state index contributed by atoms with van der Waals surface area (Å²) in [5, 5.41) is 9.15. The second-order valence-corrected chi connectivity index (χ2v) is 5.78. The maximum atomic E-state index is 11.5. The van der Waals surface area contributed by atoms with Gasteiger partial charge in [-0.25, -0.2) is 9.59 Å². The molecule has 1 heterocycles. The van der Waals surface area contributed by atoms with Crippen LogP contribution in [-0.4, -0.2) is 54.0 Å². The van der Waals surface area contributed by atoms with Gasteiger partial charge in [-0.05, 0) is 18.4 Å². The molecule has 1 N–H and O–H groups in total. The highest BCUT2D eigenvalue weighted by Crippen LogP contribution is 2.38. The minimum atomic E-state index is -0.980. The Morgan fingerprint density at radius 2 is 2.10 bits per heavy atom. The van der Waals surface area contributed by atoms with E-state index in [1.54, 1.807) is 13.0 Å². The summed E-state index contributed by atoms with van der Waals surface area (Å²) in [7, 11) is 0. The molecule has 114 valence electrons. The molecule has 0 bridgehead atoms. The molecule has 0 radical (unpaired) electrons. The van der Waals surface area contributed by atoms with Crippen molar-refractivity contribution in [2.24, 2.45) is 5.41 Å². The van der Waals surface area contributed by atoms with E-state index in [-0.39, 0.29) is 12.0 Å². The molecule has 1 unspecified atom stereocenters. The first-order valence-corrected chi connectivity index (χ1v) is 6.69. The van der Waals surface area contributed by atoms with Gasteiger partial charge in [0, 0.05) is 12.6 Å². The summed E-state index contributed by atoms with van der Waals surface area (Å²) in [6, 6.07) is 0. The molecular formula is C14H23NO5. The zero-order valence-electron chi connectivity index (χ0n) is 12.5. The SMILES string of the molecule is CCOC(=O)C=CC1(C(C)(C)C)CN(C(=O)O)CCO1. The fraction of sp³-hybridized carbons (Fsp3) is 0.714. The van der Waals surface area contributed by atoms with Gasteiger partial charge in [0.1, 0.15) is 5.60 Å². The molecule has 1 atom stereocenters. The van der Waals surface area contributed by atoms with Gasteiger partial charge < -0.3 is 19.5 Å². The summed E-state index contributed by atoms with van der Waals surface area (Å²) in [6.07, 6.45) is 1.96. The number of morpholine rings is 1. The molecule has 0 aromatic heterocycles. The van der Waals surface area contributed by atoms with Crippen LogP contribution in [0.4, 0.5) is 4.79 Å². The molecule has 0 aromatic rings.